The fourth-order valence-corrected chi connectivity index (χ4v) is 4.33. The van der Waals surface area contributed by atoms with E-state index in [0.717, 1.165) is 62.4 Å². The predicted molar refractivity (Wildman–Crippen MR) is 96.9 cm³/mol. The first kappa shape index (κ1) is 16.6. The van der Waals surface area contributed by atoms with Crippen molar-refractivity contribution in [2.24, 2.45) is 11.8 Å². The highest BCUT2D eigenvalue weighted by molar-refractivity contribution is 5.27. The minimum atomic E-state index is -0.137. The lowest BCUT2D eigenvalue weighted by atomic mass is 10.0. The zero-order valence-corrected chi connectivity index (χ0v) is 14.7. The van der Waals surface area contributed by atoms with Crippen LogP contribution in [0.5, 0.6) is 5.75 Å². The Balaban J connectivity index is 1.29. The number of nitrogens with zero attached hydrogens (tertiary/aromatic N) is 2. The Hall–Kier alpha value is -1.91. The van der Waals surface area contributed by atoms with Crippen molar-refractivity contribution in [2.45, 2.75) is 13.1 Å². The Morgan fingerprint density at radius 1 is 0.880 bits per heavy atom. The molecule has 0 amide bonds. The van der Waals surface area contributed by atoms with Gasteiger partial charge in [0.15, 0.2) is 0 Å². The number of hydrogen-bond acceptors (Lipinski definition) is 3. The fourth-order valence-electron chi connectivity index (χ4n) is 4.33. The maximum absolute atomic E-state index is 13.3. The number of ether oxygens (including phenoxy) is 1. The maximum atomic E-state index is 13.3. The minimum Gasteiger partial charge on any atom is -0.497 e. The van der Waals surface area contributed by atoms with Gasteiger partial charge in [-0.2, -0.15) is 0 Å². The van der Waals surface area contributed by atoms with Gasteiger partial charge >= 0.3 is 0 Å². The molecule has 2 unspecified atom stereocenters. The molecule has 2 aliphatic heterocycles. The Kier molecular flexibility index (Phi) is 4.73. The number of fused-ring (bicyclic) bond motifs is 1. The van der Waals surface area contributed by atoms with Crippen LogP contribution in [0.2, 0.25) is 0 Å². The normalized spacial score (nSPS) is 23.8. The number of rotatable bonds is 5. The Bertz CT molecular complexity index is 704. The van der Waals surface area contributed by atoms with E-state index in [-0.39, 0.29) is 5.82 Å². The van der Waals surface area contributed by atoms with Gasteiger partial charge in [0.25, 0.3) is 0 Å². The van der Waals surface area contributed by atoms with Gasteiger partial charge in [0.05, 0.1) is 7.11 Å². The molecule has 2 heterocycles. The number of benzene rings is 2. The second-order valence-electron chi connectivity index (χ2n) is 7.39. The highest BCUT2D eigenvalue weighted by atomic mass is 19.1. The third-order valence-corrected chi connectivity index (χ3v) is 5.50. The summed E-state index contributed by atoms with van der Waals surface area (Å²) >= 11 is 0. The van der Waals surface area contributed by atoms with E-state index in [2.05, 4.69) is 21.9 Å². The molecule has 2 fully saturated rings. The summed E-state index contributed by atoms with van der Waals surface area (Å²) in [5, 5.41) is 0. The molecule has 2 aromatic rings. The van der Waals surface area contributed by atoms with Gasteiger partial charge in [-0.25, -0.2) is 4.39 Å². The van der Waals surface area contributed by atoms with E-state index in [1.807, 2.05) is 18.2 Å². The molecule has 132 valence electrons. The van der Waals surface area contributed by atoms with Crippen LogP contribution in [-0.2, 0) is 13.1 Å². The zero-order valence-electron chi connectivity index (χ0n) is 14.7. The third kappa shape index (κ3) is 3.86. The summed E-state index contributed by atoms with van der Waals surface area (Å²) in [4.78, 5) is 5.05. The van der Waals surface area contributed by atoms with Crippen molar-refractivity contribution in [2.75, 3.05) is 33.3 Å². The van der Waals surface area contributed by atoms with Crippen LogP contribution in [0, 0.1) is 17.7 Å². The van der Waals surface area contributed by atoms with Gasteiger partial charge in [-0.15, -0.1) is 0 Å². The standard InChI is InChI=1S/C21H25FN2O/c1-25-21-7-5-16(6-8-21)10-23-12-18-14-24(15-19(18)13-23)11-17-3-2-4-20(22)9-17/h2-9,18-19H,10-15H2,1H3. The average Bonchev–Trinajstić information content (AvgIpc) is 3.13. The first-order valence-electron chi connectivity index (χ1n) is 9.01. The molecule has 0 spiro atoms. The molecule has 4 heteroatoms. The molecule has 3 nitrogen and oxygen atoms in total. The summed E-state index contributed by atoms with van der Waals surface area (Å²) in [5.41, 5.74) is 2.42. The van der Waals surface area contributed by atoms with Crippen molar-refractivity contribution in [3.05, 3.63) is 65.5 Å². The lowest BCUT2D eigenvalue weighted by Crippen LogP contribution is -2.28. The van der Waals surface area contributed by atoms with Crippen LogP contribution in [0.3, 0.4) is 0 Å². The van der Waals surface area contributed by atoms with Gasteiger partial charge in [0.2, 0.25) is 0 Å². The van der Waals surface area contributed by atoms with Crippen LogP contribution >= 0.6 is 0 Å². The Labute approximate surface area is 149 Å². The number of likely N-dealkylation sites (tertiary alicyclic amines) is 2. The van der Waals surface area contributed by atoms with Crippen LogP contribution in [0.25, 0.3) is 0 Å². The molecule has 2 atom stereocenters. The number of hydrogen-bond donors (Lipinski definition) is 0. The summed E-state index contributed by atoms with van der Waals surface area (Å²) in [6.45, 7) is 6.46. The summed E-state index contributed by atoms with van der Waals surface area (Å²) in [6, 6.07) is 15.4. The van der Waals surface area contributed by atoms with Crippen molar-refractivity contribution in [1.29, 1.82) is 0 Å². The van der Waals surface area contributed by atoms with Crippen molar-refractivity contribution in [1.82, 2.24) is 9.80 Å². The maximum Gasteiger partial charge on any atom is 0.123 e. The number of methoxy groups -OCH3 is 1. The molecule has 4 rings (SSSR count). The van der Waals surface area contributed by atoms with Gasteiger partial charge in [-0.05, 0) is 47.2 Å². The Morgan fingerprint density at radius 3 is 2.04 bits per heavy atom. The van der Waals surface area contributed by atoms with E-state index in [0.29, 0.717) is 0 Å². The van der Waals surface area contributed by atoms with Gasteiger partial charge in [0.1, 0.15) is 11.6 Å². The fraction of sp³-hybridized carbons (Fsp3) is 0.429. The molecule has 0 bridgehead atoms. The number of halogens is 1. The summed E-state index contributed by atoms with van der Waals surface area (Å²) in [5.74, 6) is 2.26. The largest absolute Gasteiger partial charge is 0.497 e. The molecule has 25 heavy (non-hydrogen) atoms. The second-order valence-corrected chi connectivity index (χ2v) is 7.39. The minimum absolute atomic E-state index is 0.137. The van der Waals surface area contributed by atoms with E-state index >= 15 is 0 Å². The van der Waals surface area contributed by atoms with E-state index in [1.165, 1.54) is 11.6 Å². The predicted octanol–water partition coefficient (Wildman–Crippen LogP) is 3.40. The molecule has 2 saturated heterocycles. The highest BCUT2D eigenvalue weighted by Crippen LogP contribution is 2.32. The summed E-state index contributed by atoms with van der Waals surface area (Å²) < 4.78 is 18.6. The molecule has 0 N–H and O–H groups in total. The summed E-state index contributed by atoms with van der Waals surface area (Å²) in [7, 11) is 1.70. The summed E-state index contributed by atoms with van der Waals surface area (Å²) in [6.07, 6.45) is 0. The highest BCUT2D eigenvalue weighted by Gasteiger charge is 2.39. The van der Waals surface area contributed by atoms with Gasteiger partial charge in [-0.1, -0.05) is 24.3 Å². The van der Waals surface area contributed by atoms with Gasteiger partial charge < -0.3 is 4.74 Å². The quantitative estimate of drug-likeness (QED) is 0.830. The zero-order chi connectivity index (χ0) is 17.2. The lowest BCUT2D eigenvalue weighted by molar-refractivity contribution is 0.246. The van der Waals surface area contributed by atoms with Crippen LogP contribution in [0.15, 0.2) is 48.5 Å². The molecular weight excluding hydrogens is 315 g/mol. The first-order valence-corrected chi connectivity index (χ1v) is 9.01. The van der Waals surface area contributed by atoms with Gasteiger partial charge in [-0.3, -0.25) is 9.80 Å². The molecule has 0 aliphatic carbocycles. The molecule has 0 radical (unpaired) electrons. The van der Waals surface area contributed by atoms with Crippen molar-refractivity contribution >= 4 is 0 Å². The van der Waals surface area contributed by atoms with Crippen LogP contribution in [-0.4, -0.2) is 43.1 Å². The van der Waals surface area contributed by atoms with Crippen molar-refractivity contribution in [3.63, 3.8) is 0 Å². The van der Waals surface area contributed by atoms with E-state index in [1.54, 1.807) is 19.2 Å². The topological polar surface area (TPSA) is 15.7 Å². The average molecular weight is 340 g/mol. The molecule has 0 aromatic heterocycles. The van der Waals surface area contributed by atoms with Gasteiger partial charge in [0, 0.05) is 39.3 Å². The van der Waals surface area contributed by atoms with Crippen molar-refractivity contribution in [3.8, 4) is 5.75 Å². The molecular formula is C21H25FN2O. The molecule has 2 aliphatic rings. The third-order valence-electron chi connectivity index (χ3n) is 5.50. The molecule has 2 aromatic carbocycles. The van der Waals surface area contributed by atoms with Crippen molar-refractivity contribution < 1.29 is 9.13 Å². The first-order chi connectivity index (χ1) is 12.2. The smallest absolute Gasteiger partial charge is 0.123 e. The SMILES string of the molecule is COc1ccc(CN2CC3CN(Cc4cccc(F)c4)CC3C2)cc1. The van der Waals surface area contributed by atoms with E-state index in [4.69, 9.17) is 4.74 Å². The van der Waals surface area contributed by atoms with Crippen LogP contribution in [0.1, 0.15) is 11.1 Å². The molecule has 0 saturated carbocycles. The van der Waals surface area contributed by atoms with E-state index in [9.17, 15) is 4.39 Å². The second kappa shape index (κ2) is 7.14. The van der Waals surface area contributed by atoms with Crippen LogP contribution < -0.4 is 4.74 Å². The van der Waals surface area contributed by atoms with E-state index < -0.39 is 0 Å². The van der Waals surface area contributed by atoms with Crippen LogP contribution in [0.4, 0.5) is 4.39 Å². The Morgan fingerprint density at radius 2 is 1.48 bits per heavy atom. The monoisotopic (exact) mass is 340 g/mol. The lowest BCUT2D eigenvalue weighted by Gasteiger charge is -2.21.